The number of nitrogens with one attached hydrogen (secondary N) is 1. The van der Waals surface area contributed by atoms with Crippen molar-refractivity contribution in [2.24, 2.45) is 0 Å². The van der Waals surface area contributed by atoms with Crippen molar-refractivity contribution in [2.75, 3.05) is 14.1 Å². The van der Waals surface area contributed by atoms with Crippen LogP contribution in [0.25, 0.3) is 0 Å². The van der Waals surface area contributed by atoms with Crippen LogP contribution in [0.1, 0.15) is 32.9 Å². The fourth-order valence-electron chi connectivity index (χ4n) is 3.21. The fraction of sp³-hybridized carbons (Fsp3) is 0.273. The first kappa shape index (κ1) is 22.6. The lowest BCUT2D eigenvalue weighted by Gasteiger charge is -2.12. The van der Waals surface area contributed by atoms with E-state index in [1.807, 2.05) is 12.1 Å². The molecule has 9 heteroatoms. The molecule has 0 aliphatic carbocycles. The molecule has 3 rings (SSSR count). The number of sulfonamides is 1. The van der Waals surface area contributed by atoms with E-state index in [1.54, 1.807) is 42.8 Å². The second-order valence-corrected chi connectivity index (χ2v) is 9.54. The first-order chi connectivity index (χ1) is 14.6. The van der Waals surface area contributed by atoms with E-state index in [0.717, 1.165) is 11.1 Å². The first-order valence-electron chi connectivity index (χ1n) is 9.67. The molecule has 1 amide bonds. The van der Waals surface area contributed by atoms with Crippen LogP contribution in [-0.2, 0) is 23.1 Å². The molecule has 1 N–H and O–H groups in total. The Hall–Kier alpha value is -3.04. The summed E-state index contributed by atoms with van der Waals surface area (Å²) in [6, 6.07) is 13.0. The van der Waals surface area contributed by atoms with Gasteiger partial charge >= 0.3 is 0 Å². The van der Waals surface area contributed by atoms with Gasteiger partial charge in [-0.2, -0.15) is 5.10 Å². The van der Waals surface area contributed by atoms with Crippen LogP contribution in [0.3, 0.4) is 0 Å². The highest BCUT2D eigenvalue weighted by atomic mass is 32.2. The van der Waals surface area contributed by atoms with Gasteiger partial charge in [0.2, 0.25) is 10.0 Å². The van der Waals surface area contributed by atoms with E-state index < -0.39 is 10.0 Å². The zero-order chi connectivity index (χ0) is 22.8. The number of amides is 1. The monoisotopic (exact) mass is 444 g/mol. The summed E-state index contributed by atoms with van der Waals surface area (Å²) >= 11 is 0. The molecular formula is C22H25FN4O3S. The van der Waals surface area contributed by atoms with Crippen molar-refractivity contribution in [3.8, 4) is 0 Å². The predicted molar refractivity (Wildman–Crippen MR) is 116 cm³/mol. The van der Waals surface area contributed by atoms with E-state index in [2.05, 4.69) is 10.4 Å². The van der Waals surface area contributed by atoms with Gasteiger partial charge in [0.1, 0.15) is 10.7 Å². The van der Waals surface area contributed by atoms with Gasteiger partial charge in [0.15, 0.2) is 0 Å². The molecule has 0 atom stereocenters. The number of halogens is 1. The second-order valence-electron chi connectivity index (χ2n) is 7.45. The van der Waals surface area contributed by atoms with Crippen LogP contribution in [0.4, 0.5) is 4.39 Å². The third-order valence-corrected chi connectivity index (χ3v) is 7.04. The topological polar surface area (TPSA) is 84.3 Å². The fourth-order valence-corrected chi connectivity index (χ4v) is 4.47. The molecule has 0 aliphatic heterocycles. The number of carbonyl (C=O) groups excluding carboxylic acids is 1. The normalized spacial score (nSPS) is 11.7. The van der Waals surface area contributed by atoms with Crippen molar-refractivity contribution in [1.82, 2.24) is 19.4 Å². The maximum Gasteiger partial charge on any atom is 0.251 e. The number of hydrogen-bond donors (Lipinski definition) is 1. The van der Waals surface area contributed by atoms with Gasteiger partial charge in [-0.1, -0.05) is 24.3 Å². The minimum atomic E-state index is -3.58. The summed E-state index contributed by atoms with van der Waals surface area (Å²) in [5.74, 6) is -0.555. The van der Waals surface area contributed by atoms with Crippen LogP contribution in [0.2, 0.25) is 0 Å². The highest BCUT2D eigenvalue weighted by Gasteiger charge is 2.26. The Morgan fingerprint density at radius 2 is 1.61 bits per heavy atom. The Morgan fingerprint density at radius 3 is 2.19 bits per heavy atom. The average molecular weight is 445 g/mol. The van der Waals surface area contributed by atoms with E-state index in [-0.39, 0.29) is 16.6 Å². The van der Waals surface area contributed by atoms with Crippen LogP contribution in [0.15, 0.2) is 53.4 Å². The molecule has 0 saturated heterocycles. The SMILES string of the molecule is Cc1nn(Cc2ccc(C(=O)NCc3ccc(F)cc3)cc2)c(C)c1S(=O)(=O)N(C)C. The molecule has 164 valence electrons. The molecule has 31 heavy (non-hydrogen) atoms. The van der Waals surface area contributed by atoms with Crippen molar-refractivity contribution in [2.45, 2.75) is 31.8 Å². The number of carbonyl (C=O) groups is 1. The summed E-state index contributed by atoms with van der Waals surface area (Å²) in [5, 5.41) is 7.19. The van der Waals surface area contributed by atoms with Gasteiger partial charge < -0.3 is 5.32 Å². The van der Waals surface area contributed by atoms with Crippen molar-refractivity contribution >= 4 is 15.9 Å². The van der Waals surface area contributed by atoms with Crippen molar-refractivity contribution in [3.05, 3.63) is 82.4 Å². The van der Waals surface area contributed by atoms with Gasteiger partial charge in [0.05, 0.1) is 17.9 Å². The number of benzene rings is 2. The van der Waals surface area contributed by atoms with Crippen molar-refractivity contribution in [3.63, 3.8) is 0 Å². The molecule has 2 aromatic carbocycles. The van der Waals surface area contributed by atoms with Crippen molar-refractivity contribution in [1.29, 1.82) is 0 Å². The Balaban J connectivity index is 1.70. The lowest BCUT2D eigenvalue weighted by Crippen LogP contribution is -2.23. The number of rotatable bonds is 7. The van der Waals surface area contributed by atoms with E-state index in [0.29, 0.717) is 30.0 Å². The zero-order valence-electron chi connectivity index (χ0n) is 17.9. The lowest BCUT2D eigenvalue weighted by atomic mass is 10.1. The van der Waals surface area contributed by atoms with Crippen molar-refractivity contribution < 1.29 is 17.6 Å². The molecule has 3 aromatic rings. The number of nitrogens with zero attached hydrogens (tertiary/aromatic N) is 3. The average Bonchev–Trinajstić information content (AvgIpc) is 3.01. The molecule has 0 radical (unpaired) electrons. The molecule has 1 heterocycles. The molecule has 0 saturated carbocycles. The van der Waals surface area contributed by atoms with Gasteiger partial charge in [-0.25, -0.2) is 17.1 Å². The summed E-state index contributed by atoms with van der Waals surface area (Å²) in [4.78, 5) is 12.6. The van der Waals surface area contributed by atoms with Crippen LogP contribution in [-0.4, -0.2) is 42.5 Å². The third-order valence-electron chi connectivity index (χ3n) is 4.97. The number of aromatic nitrogens is 2. The molecule has 7 nitrogen and oxygen atoms in total. The molecule has 0 fully saturated rings. The second kappa shape index (κ2) is 8.99. The quantitative estimate of drug-likeness (QED) is 0.607. The summed E-state index contributed by atoms with van der Waals surface area (Å²) in [7, 11) is -0.600. The molecule has 0 aliphatic rings. The maximum absolute atomic E-state index is 13.0. The molecule has 1 aromatic heterocycles. The highest BCUT2D eigenvalue weighted by Crippen LogP contribution is 2.22. The summed E-state index contributed by atoms with van der Waals surface area (Å²) in [6.45, 7) is 4.09. The van der Waals surface area contributed by atoms with Crippen LogP contribution >= 0.6 is 0 Å². The Bertz CT molecular complexity index is 1180. The molecule has 0 unspecified atom stereocenters. The minimum Gasteiger partial charge on any atom is -0.348 e. The number of aryl methyl sites for hydroxylation is 1. The van der Waals surface area contributed by atoms with Gasteiger partial charge in [-0.05, 0) is 49.2 Å². The predicted octanol–water partition coefficient (Wildman–Crippen LogP) is 2.87. The van der Waals surface area contributed by atoms with Crippen LogP contribution in [0.5, 0.6) is 0 Å². The maximum atomic E-state index is 13.0. The Morgan fingerprint density at radius 1 is 1.03 bits per heavy atom. The zero-order valence-corrected chi connectivity index (χ0v) is 18.7. The van der Waals surface area contributed by atoms with Gasteiger partial charge in [0.25, 0.3) is 5.91 Å². The van der Waals surface area contributed by atoms with E-state index in [9.17, 15) is 17.6 Å². The Labute approximate surface area is 181 Å². The summed E-state index contributed by atoms with van der Waals surface area (Å²) < 4.78 is 40.9. The first-order valence-corrected chi connectivity index (χ1v) is 11.1. The molecule has 0 spiro atoms. The lowest BCUT2D eigenvalue weighted by molar-refractivity contribution is 0.0951. The van der Waals surface area contributed by atoms with Gasteiger partial charge in [-0.3, -0.25) is 9.48 Å². The Kier molecular flexibility index (Phi) is 6.56. The van der Waals surface area contributed by atoms with E-state index >= 15 is 0 Å². The molecular weight excluding hydrogens is 419 g/mol. The largest absolute Gasteiger partial charge is 0.348 e. The van der Waals surface area contributed by atoms with Crippen LogP contribution < -0.4 is 5.32 Å². The van der Waals surface area contributed by atoms with E-state index in [1.165, 1.54) is 30.5 Å². The minimum absolute atomic E-state index is 0.217. The highest BCUT2D eigenvalue weighted by molar-refractivity contribution is 7.89. The summed E-state index contributed by atoms with van der Waals surface area (Å²) in [5.41, 5.74) is 3.19. The van der Waals surface area contributed by atoms with E-state index in [4.69, 9.17) is 0 Å². The third kappa shape index (κ3) is 5.00. The van der Waals surface area contributed by atoms with Crippen LogP contribution in [0, 0.1) is 19.7 Å². The smallest absolute Gasteiger partial charge is 0.251 e. The van der Waals surface area contributed by atoms with Gasteiger partial charge in [0, 0.05) is 26.2 Å². The number of hydrogen-bond acceptors (Lipinski definition) is 4. The molecule has 0 bridgehead atoms. The standard InChI is InChI=1S/C22H25FN4O3S/c1-15-21(31(29,30)26(3)4)16(2)27(25-15)14-18-5-9-19(10-6-18)22(28)24-13-17-7-11-20(23)12-8-17/h5-12H,13-14H2,1-4H3,(H,24,28). The summed E-state index contributed by atoms with van der Waals surface area (Å²) in [6.07, 6.45) is 0. The van der Waals surface area contributed by atoms with Gasteiger partial charge in [-0.15, -0.1) is 0 Å².